The Morgan fingerprint density at radius 2 is 1.86 bits per heavy atom. The van der Waals surface area contributed by atoms with Crippen molar-refractivity contribution in [3.63, 3.8) is 0 Å². The molecule has 0 radical (unpaired) electrons. The van der Waals surface area contributed by atoms with E-state index < -0.39 is 11.5 Å². The molecule has 0 bridgehead atoms. The molecule has 1 aromatic heterocycles. The van der Waals surface area contributed by atoms with Crippen molar-refractivity contribution in [2.45, 2.75) is 13.8 Å². The number of ether oxygens (including phenoxy) is 1. The number of anilines is 2. The van der Waals surface area contributed by atoms with Gasteiger partial charge in [-0.05, 0) is 61.2 Å². The summed E-state index contributed by atoms with van der Waals surface area (Å²) in [6.07, 6.45) is -0.384. The maximum Gasteiger partial charge on any atom is 0.414 e. The highest BCUT2D eigenvalue weighted by Crippen LogP contribution is 2.22. The molecule has 28 heavy (non-hydrogen) atoms. The van der Waals surface area contributed by atoms with Gasteiger partial charge in [-0.15, -0.1) is 0 Å². The van der Waals surface area contributed by atoms with Crippen molar-refractivity contribution in [2.75, 3.05) is 23.4 Å². The molecule has 0 saturated carbocycles. The second-order valence-corrected chi connectivity index (χ2v) is 6.83. The maximum atomic E-state index is 12.6. The predicted molar refractivity (Wildman–Crippen MR) is 107 cm³/mol. The Morgan fingerprint density at radius 3 is 2.54 bits per heavy atom. The molecule has 2 N–H and O–H groups in total. The zero-order valence-corrected chi connectivity index (χ0v) is 15.5. The van der Waals surface area contributed by atoms with Crippen LogP contribution < -0.4 is 15.8 Å². The monoisotopic (exact) mass is 377 g/mol. The van der Waals surface area contributed by atoms with Crippen molar-refractivity contribution in [2.24, 2.45) is 0 Å². The number of aryl methyl sites for hydroxylation is 2. The zero-order valence-electron chi connectivity index (χ0n) is 15.5. The lowest BCUT2D eigenvalue weighted by Gasteiger charge is -2.13. The van der Waals surface area contributed by atoms with Gasteiger partial charge in [-0.1, -0.05) is 11.6 Å². The third-order valence-electron chi connectivity index (χ3n) is 4.74. The number of rotatable bonds is 3. The number of H-pyrrole nitrogens is 1. The molecule has 0 aliphatic carbocycles. The minimum Gasteiger partial charge on any atom is -0.447 e. The molecule has 7 heteroatoms. The lowest BCUT2D eigenvalue weighted by atomic mass is 10.1. The van der Waals surface area contributed by atoms with Gasteiger partial charge in [-0.25, -0.2) is 4.79 Å². The van der Waals surface area contributed by atoms with E-state index in [9.17, 15) is 14.4 Å². The summed E-state index contributed by atoms with van der Waals surface area (Å²) in [5.74, 6) is -0.490. The Labute approximate surface area is 160 Å². The third kappa shape index (κ3) is 3.22. The Kier molecular flexibility index (Phi) is 4.35. The molecule has 1 aliphatic rings. The number of cyclic esters (lactones) is 1. The zero-order chi connectivity index (χ0) is 19.8. The first-order chi connectivity index (χ1) is 13.4. The number of pyridine rings is 1. The van der Waals surface area contributed by atoms with Gasteiger partial charge in [0.1, 0.15) is 12.2 Å². The third-order valence-corrected chi connectivity index (χ3v) is 4.74. The van der Waals surface area contributed by atoms with Crippen LogP contribution in [0, 0.1) is 13.8 Å². The highest BCUT2D eigenvalue weighted by atomic mass is 16.6. The van der Waals surface area contributed by atoms with Gasteiger partial charge < -0.3 is 15.0 Å². The van der Waals surface area contributed by atoms with Crippen LogP contribution in [-0.4, -0.2) is 30.1 Å². The first-order valence-corrected chi connectivity index (χ1v) is 8.92. The molecule has 4 rings (SSSR count). The van der Waals surface area contributed by atoms with Crippen LogP contribution in [0.2, 0.25) is 0 Å². The Hall–Kier alpha value is -3.61. The molecule has 0 spiro atoms. The first-order valence-electron chi connectivity index (χ1n) is 8.92. The van der Waals surface area contributed by atoms with Gasteiger partial charge in [0.2, 0.25) is 0 Å². The minimum absolute atomic E-state index is 0.0460. The Balaban J connectivity index is 1.59. The van der Waals surface area contributed by atoms with E-state index in [-0.39, 0.29) is 11.7 Å². The van der Waals surface area contributed by atoms with E-state index in [0.717, 1.165) is 22.0 Å². The summed E-state index contributed by atoms with van der Waals surface area (Å²) in [6.45, 7) is 4.74. The molecule has 3 aromatic rings. The van der Waals surface area contributed by atoms with Crippen molar-refractivity contribution in [1.82, 2.24) is 4.98 Å². The highest BCUT2D eigenvalue weighted by Gasteiger charge is 2.23. The number of amides is 2. The van der Waals surface area contributed by atoms with Crippen LogP contribution in [0.4, 0.5) is 16.2 Å². The van der Waals surface area contributed by atoms with Crippen molar-refractivity contribution >= 4 is 34.3 Å². The quantitative estimate of drug-likeness (QED) is 0.732. The second-order valence-electron chi connectivity index (χ2n) is 6.83. The summed E-state index contributed by atoms with van der Waals surface area (Å²) in [5, 5.41) is 3.54. The van der Waals surface area contributed by atoms with E-state index in [4.69, 9.17) is 4.74 Å². The summed E-state index contributed by atoms with van der Waals surface area (Å²) in [5.41, 5.74) is 3.57. The van der Waals surface area contributed by atoms with Crippen molar-refractivity contribution in [1.29, 1.82) is 0 Å². The van der Waals surface area contributed by atoms with Crippen LogP contribution in [-0.2, 0) is 4.74 Å². The molecule has 0 unspecified atom stereocenters. The number of carbonyl (C=O) groups excluding carboxylic acids is 2. The fraction of sp³-hybridized carbons (Fsp3) is 0.190. The fourth-order valence-electron chi connectivity index (χ4n) is 3.41. The molecule has 7 nitrogen and oxygen atoms in total. The maximum absolute atomic E-state index is 12.6. The number of fused-ring (bicyclic) bond motifs is 1. The number of aromatic amines is 1. The molecule has 2 heterocycles. The van der Waals surface area contributed by atoms with Gasteiger partial charge in [0.15, 0.2) is 0 Å². The highest BCUT2D eigenvalue weighted by molar-refractivity contribution is 6.06. The van der Waals surface area contributed by atoms with Gasteiger partial charge in [-0.2, -0.15) is 0 Å². The van der Waals surface area contributed by atoms with Crippen molar-refractivity contribution in [3.8, 4) is 0 Å². The SMILES string of the molecule is Cc1cc(C)c2[nH]c(=O)c(C(=O)Nc3ccc(N4CCOC4=O)cc3)cc2c1. The van der Waals surface area contributed by atoms with E-state index in [2.05, 4.69) is 10.3 Å². The predicted octanol–water partition coefficient (Wildman–Crippen LogP) is 3.35. The molecule has 1 fully saturated rings. The van der Waals surface area contributed by atoms with Gasteiger partial charge in [-0.3, -0.25) is 14.5 Å². The molecular weight excluding hydrogens is 358 g/mol. The summed E-state index contributed by atoms with van der Waals surface area (Å²) < 4.78 is 4.92. The van der Waals surface area contributed by atoms with Gasteiger partial charge in [0.25, 0.3) is 11.5 Å². The molecule has 142 valence electrons. The van der Waals surface area contributed by atoms with Crippen LogP contribution in [0.5, 0.6) is 0 Å². The van der Waals surface area contributed by atoms with Crippen LogP contribution in [0.3, 0.4) is 0 Å². The number of hydrogen-bond acceptors (Lipinski definition) is 4. The van der Waals surface area contributed by atoms with E-state index >= 15 is 0 Å². The van der Waals surface area contributed by atoms with Crippen LogP contribution in [0.25, 0.3) is 10.9 Å². The van der Waals surface area contributed by atoms with E-state index in [1.807, 2.05) is 26.0 Å². The topological polar surface area (TPSA) is 91.5 Å². The standard InChI is InChI=1S/C21H19N3O4/c1-12-9-13(2)18-14(10-12)11-17(20(26)23-18)19(25)22-15-3-5-16(6-4-15)24-7-8-28-21(24)27/h3-6,9-11H,7-8H2,1-2H3,(H,22,25)(H,23,26). The molecule has 1 aliphatic heterocycles. The Bertz CT molecular complexity index is 1150. The molecule has 2 amide bonds. The lowest BCUT2D eigenvalue weighted by Crippen LogP contribution is -2.24. The van der Waals surface area contributed by atoms with Crippen LogP contribution in [0.1, 0.15) is 21.5 Å². The largest absolute Gasteiger partial charge is 0.447 e. The number of aromatic nitrogens is 1. The van der Waals surface area contributed by atoms with Crippen LogP contribution in [0.15, 0.2) is 47.3 Å². The number of hydrogen-bond donors (Lipinski definition) is 2. The number of nitrogens with zero attached hydrogens (tertiary/aromatic N) is 1. The second kappa shape index (κ2) is 6.84. The summed E-state index contributed by atoms with van der Waals surface area (Å²) >= 11 is 0. The van der Waals surface area contributed by atoms with E-state index in [1.54, 1.807) is 30.3 Å². The summed E-state index contributed by atoms with van der Waals surface area (Å²) in [4.78, 5) is 40.9. The number of nitrogens with one attached hydrogen (secondary N) is 2. The minimum atomic E-state index is -0.490. The molecule has 2 aromatic carbocycles. The normalized spacial score (nSPS) is 13.6. The number of benzene rings is 2. The van der Waals surface area contributed by atoms with Gasteiger partial charge in [0.05, 0.1) is 12.1 Å². The average Bonchev–Trinajstić information content (AvgIpc) is 3.08. The van der Waals surface area contributed by atoms with Gasteiger partial charge in [0, 0.05) is 11.4 Å². The lowest BCUT2D eigenvalue weighted by molar-refractivity contribution is 0.102. The Morgan fingerprint density at radius 1 is 1.11 bits per heavy atom. The van der Waals surface area contributed by atoms with Gasteiger partial charge >= 0.3 is 6.09 Å². The van der Waals surface area contributed by atoms with Crippen molar-refractivity contribution in [3.05, 3.63) is 69.5 Å². The van der Waals surface area contributed by atoms with Crippen LogP contribution >= 0.6 is 0 Å². The average molecular weight is 377 g/mol. The molecule has 0 atom stereocenters. The molecule has 1 saturated heterocycles. The summed E-state index contributed by atoms with van der Waals surface area (Å²) in [7, 11) is 0. The fourth-order valence-corrected chi connectivity index (χ4v) is 3.41. The smallest absolute Gasteiger partial charge is 0.414 e. The summed E-state index contributed by atoms with van der Waals surface area (Å²) in [6, 6.07) is 12.3. The number of carbonyl (C=O) groups is 2. The first kappa shape index (κ1) is 17.8. The molecular formula is C21H19N3O4. The van der Waals surface area contributed by atoms with E-state index in [1.165, 1.54) is 4.90 Å². The van der Waals surface area contributed by atoms with Crippen molar-refractivity contribution < 1.29 is 14.3 Å². The van der Waals surface area contributed by atoms with E-state index in [0.29, 0.717) is 24.5 Å².